The number of benzene rings is 3. The molecule has 2 amide bonds. The Bertz CT molecular complexity index is 1510. The molecule has 0 aliphatic carbocycles. The number of carbonyl (C=O) groups is 2. The van der Waals surface area contributed by atoms with Crippen LogP contribution in [0.5, 0.6) is 17.2 Å². The summed E-state index contributed by atoms with van der Waals surface area (Å²) in [5.41, 5.74) is 3.33. The summed E-state index contributed by atoms with van der Waals surface area (Å²) in [6.07, 6.45) is 4.26. The third-order valence-electron chi connectivity index (χ3n) is 6.45. The van der Waals surface area contributed by atoms with Crippen LogP contribution >= 0.6 is 0 Å². The van der Waals surface area contributed by atoms with E-state index in [1.165, 1.54) is 7.11 Å². The number of aromatic nitrogens is 1. The second-order valence-electron chi connectivity index (χ2n) is 8.80. The van der Waals surface area contributed by atoms with Crippen molar-refractivity contribution in [2.75, 3.05) is 27.9 Å². The fraction of sp³-hybridized carbons (Fsp3) is 0.226. The van der Waals surface area contributed by atoms with Crippen molar-refractivity contribution >= 4 is 28.8 Å². The highest BCUT2D eigenvalue weighted by Gasteiger charge is 2.18. The zero-order valence-electron chi connectivity index (χ0n) is 22.6. The Morgan fingerprint density at radius 1 is 0.872 bits per heavy atom. The van der Waals surface area contributed by atoms with Crippen LogP contribution in [0.3, 0.4) is 0 Å². The molecule has 0 fully saturated rings. The second kappa shape index (κ2) is 12.7. The summed E-state index contributed by atoms with van der Waals surface area (Å²) in [7, 11) is 4.67. The topological polar surface area (TPSA) is 90.8 Å². The lowest BCUT2D eigenvalue weighted by atomic mass is 10.1. The van der Waals surface area contributed by atoms with Crippen molar-refractivity contribution in [1.29, 1.82) is 0 Å². The lowest BCUT2D eigenvalue weighted by molar-refractivity contribution is -0.117. The van der Waals surface area contributed by atoms with Crippen LogP contribution in [0.15, 0.2) is 78.6 Å². The van der Waals surface area contributed by atoms with E-state index in [9.17, 15) is 9.59 Å². The normalized spacial score (nSPS) is 11.2. The quantitative estimate of drug-likeness (QED) is 0.273. The first-order valence-electron chi connectivity index (χ1n) is 12.7. The van der Waals surface area contributed by atoms with Gasteiger partial charge in [0.05, 0.1) is 26.9 Å². The molecule has 0 spiro atoms. The number of fused-ring (bicyclic) bond motifs is 1. The fourth-order valence-corrected chi connectivity index (χ4v) is 4.44. The molecule has 0 unspecified atom stereocenters. The summed E-state index contributed by atoms with van der Waals surface area (Å²) in [4.78, 5) is 26.7. The molecular weight excluding hydrogens is 494 g/mol. The van der Waals surface area contributed by atoms with Gasteiger partial charge < -0.3 is 29.4 Å². The molecule has 4 rings (SSSR count). The summed E-state index contributed by atoms with van der Waals surface area (Å²) in [6.45, 7) is 3.19. The van der Waals surface area contributed by atoms with Gasteiger partial charge in [-0.2, -0.15) is 0 Å². The van der Waals surface area contributed by atoms with Gasteiger partial charge in [-0.3, -0.25) is 9.59 Å². The van der Waals surface area contributed by atoms with Crippen molar-refractivity contribution in [3.8, 4) is 17.2 Å². The highest BCUT2D eigenvalue weighted by Crippen LogP contribution is 2.28. The van der Waals surface area contributed by atoms with Crippen LogP contribution in [0, 0.1) is 0 Å². The van der Waals surface area contributed by atoms with E-state index in [0.29, 0.717) is 35.8 Å². The largest absolute Gasteiger partial charge is 0.496 e. The highest BCUT2D eigenvalue weighted by molar-refractivity contribution is 6.07. The van der Waals surface area contributed by atoms with Crippen LogP contribution in [0.1, 0.15) is 28.4 Å². The maximum atomic E-state index is 13.4. The van der Waals surface area contributed by atoms with E-state index in [0.717, 1.165) is 28.6 Å². The number of ether oxygens (including phenoxy) is 3. The molecule has 202 valence electrons. The van der Waals surface area contributed by atoms with E-state index in [4.69, 9.17) is 14.2 Å². The summed E-state index contributed by atoms with van der Waals surface area (Å²) in [5.74, 6) is 0.852. The van der Waals surface area contributed by atoms with Crippen molar-refractivity contribution in [3.05, 3.63) is 95.3 Å². The maximum Gasteiger partial charge on any atom is 0.267 e. The summed E-state index contributed by atoms with van der Waals surface area (Å²) in [5, 5.41) is 6.74. The van der Waals surface area contributed by atoms with Crippen molar-refractivity contribution in [3.63, 3.8) is 0 Å². The number of para-hydroxylation sites is 2. The van der Waals surface area contributed by atoms with Crippen molar-refractivity contribution in [2.45, 2.75) is 19.9 Å². The highest BCUT2D eigenvalue weighted by atomic mass is 16.5. The minimum atomic E-state index is -0.437. The molecule has 0 bridgehead atoms. The van der Waals surface area contributed by atoms with Gasteiger partial charge in [-0.05, 0) is 55.3 Å². The third kappa shape index (κ3) is 6.23. The molecule has 0 atom stereocenters. The number of amides is 2. The van der Waals surface area contributed by atoms with Gasteiger partial charge in [-0.15, -0.1) is 0 Å². The second-order valence-corrected chi connectivity index (χ2v) is 8.80. The Morgan fingerprint density at radius 2 is 1.59 bits per heavy atom. The Kier molecular flexibility index (Phi) is 8.89. The monoisotopic (exact) mass is 527 g/mol. The molecule has 0 saturated carbocycles. The number of nitrogens with one attached hydrogen (secondary N) is 2. The number of hydrogen-bond acceptors (Lipinski definition) is 5. The van der Waals surface area contributed by atoms with Gasteiger partial charge >= 0.3 is 0 Å². The predicted molar refractivity (Wildman–Crippen MR) is 152 cm³/mol. The molecular formula is C31H33N3O5. The number of carbonyl (C=O) groups excluding carboxylic acids is 2. The molecule has 4 aromatic rings. The third-order valence-corrected chi connectivity index (χ3v) is 6.45. The smallest absolute Gasteiger partial charge is 0.267 e. The van der Waals surface area contributed by atoms with Gasteiger partial charge in [-0.1, -0.05) is 36.4 Å². The molecule has 0 saturated heterocycles. The van der Waals surface area contributed by atoms with E-state index in [-0.39, 0.29) is 5.70 Å². The molecule has 2 N–H and O–H groups in total. The Morgan fingerprint density at radius 3 is 2.33 bits per heavy atom. The molecule has 39 heavy (non-hydrogen) atoms. The van der Waals surface area contributed by atoms with Crippen molar-refractivity contribution < 1.29 is 23.8 Å². The molecule has 0 radical (unpaired) electrons. The average Bonchev–Trinajstić information content (AvgIpc) is 3.33. The first-order chi connectivity index (χ1) is 19.0. The number of nitrogens with zero attached hydrogens (tertiary/aromatic N) is 1. The van der Waals surface area contributed by atoms with Gasteiger partial charge in [0.25, 0.3) is 11.8 Å². The predicted octanol–water partition coefficient (Wildman–Crippen LogP) is 4.82. The minimum Gasteiger partial charge on any atom is -0.496 e. The first-order valence-corrected chi connectivity index (χ1v) is 12.7. The number of hydrogen-bond donors (Lipinski definition) is 2. The van der Waals surface area contributed by atoms with Crippen LogP contribution in [0.25, 0.3) is 17.0 Å². The average molecular weight is 528 g/mol. The summed E-state index contributed by atoms with van der Waals surface area (Å²) in [6, 6.07) is 20.5. The number of aryl methyl sites for hydroxylation is 1. The van der Waals surface area contributed by atoms with Gasteiger partial charge in [0.15, 0.2) is 11.5 Å². The van der Waals surface area contributed by atoms with E-state index < -0.39 is 11.8 Å². The lowest BCUT2D eigenvalue weighted by Crippen LogP contribution is -2.35. The van der Waals surface area contributed by atoms with Crippen LogP contribution < -0.4 is 24.8 Å². The SMILES string of the molecule is CCn1cc(C=C(NC(=O)c2ccccc2OC)C(=O)NCCc2ccc(OC)c(OC)c2)c2ccccc21. The molecule has 1 aromatic heterocycles. The van der Waals surface area contributed by atoms with Gasteiger partial charge in [0.1, 0.15) is 11.4 Å². The number of methoxy groups -OCH3 is 3. The molecule has 0 aliphatic heterocycles. The zero-order valence-corrected chi connectivity index (χ0v) is 22.6. The van der Waals surface area contributed by atoms with Crippen LogP contribution in [-0.4, -0.2) is 44.3 Å². The van der Waals surface area contributed by atoms with Crippen molar-refractivity contribution in [1.82, 2.24) is 15.2 Å². The van der Waals surface area contributed by atoms with Gasteiger partial charge in [-0.25, -0.2) is 0 Å². The Balaban J connectivity index is 1.60. The van der Waals surface area contributed by atoms with E-state index in [1.807, 2.05) is 48.7 Å². The molecule has 8 heteroatoms. The Hall–Kier alpha value is -4.72. The molecule has 8 nitrogen and oxygen atoms in total. The maximum absolute atomic E-state index is 13.4. The van der Waals surface area contributed by atoms with Gasteiger partial charge in [0, 0.05) is 35.8 Å². The minimum absolute atomic E-state index is 0.136. The van der Waals surface area contributed by atoms with E-state index in [1.54, 1.807) is 44.6 Å². The van der Waals surface area contributed by atoms with Crippen LogP contribution in [0.4, 0.5) is 0 Å². The molecule has 1 heterocycles. The van der Waals surface area contributed by atoms with Gasteiger partial charge in [0.2, 0.25) is 0 Å². The van der Waals surface area contributed by atoms with E-state index in [2.05, 4.69) is 22.1 Å². The van der Waals surface area contributed by atoms with E-state index >= 15 is 0 Å². The Labute approximate surface area is 228 Å². The molecule has 3 aromatic carbocycles. The van der Waals surface area contributed by atoms with Crippen LogP contribution in [0.2, 0.25) is 0 Å². The summed E-state index contributed by atoms with van der Waals surface area (Å²) >= 11 is 0. The molecule has 0 aliphatic rings. The fourth-order valence-electron chi connectivity index (χ4n) is 4.44. The first kappa shape index (κ1) is 27.3. The summed E-state index contributed by atoms with van der Waals surface area (Å²) < 4.78 is 18.1. The zero-order chi connectivity index (χ0) is 27.8. The van der Waals surface area contributed by atoms with Crippen LogP contribution in [-0.2, 0) is 17.8 Å². The lowest BCUT2D eigenvalue weighted by Gasteiger charge is -2.13. The number of rotatable bonds is 11. The standard InChI is InChI=1S/C31H33N3O5/c1-5-34-20-22(23-10-6-8-12-26(23)34)19-25(33-30(35)24-11-7-9-13-27(24)37-2)31(36)32-17-16-21-14-15-28(38-3)29(18-21)39-4/h6-15,18-20H,5,16-17H2,1-4H3,(H,32,36)(H,33,35). The van der Waals surface area contributed by atoms with Crippen molar-refractivity contribution in [2.24, 2.45) is 0 Å².